The number of hydrogen-bond donors (Lipinski definition) is 0. The van der Waals surface area contributed by atoms with Gasteiger partial charge in [-0.3, -0.25) is 0 Å². The fourth-order valence-electron chi connectivity index (χ4n) is 17.5. The normalized spacial score (nSPS) is 11.8. The van der Waals surface area contributed by atoms with E-state index in [2.05, 4.69) is 48.5 Å². The van der Waals surface area contributed by atoms with Crippen molar-refractivity contribution in [2.45, 2.75) is 12.4 Å². The van der Waals surface area contributed by atoms with Crippen LogP contribution in [0.25, 0.3) is 188 Å². The molecule has 0 N–H and O–H groups in total. The van der Waals surface area contributed by atoms with Gasteiger partial charge in [-0.05, 0) is 188 Å². The van der Waals surface area contributed by atoms with Gasteiger partial charge in [-0.1, -0.05) is 218 Å². The number of hydrogen-bond acceptors (Lipinski definition) is 4. The van der Waals surface area contributed by atoms with Crippen LogP contribution in [-0.4, -0.2) is 18.3 Å². The SMILES string of the molecule is N#Cc1cccc(C(F)(F)F)c1-c1cc(-n2c3ccccc3c3cc(-c4ccccc4)ccc32)c(C#N)c(-n2c3ccc(-c4ccccc4)cc3c3cc(-c4ccc5c(c4)c4ccc(-c6ccccc6)cc4n5-c4cc(-c5c(C#N)cccc5C(F)(F)F)cc(-n5c6ccccc6c6ccc(-c7ccccc7)cc65)c4C#N)ccc32)c1. The molecule has 0 saturated carbocycles. The highest BCUT2D eigenvalue weighted by molar-refractivity contribution is 6.16. The fraction of sp³-hybridized carbons (Fsp3) is 0.0196. The van der Waals surface area contributed by atoms with Gasteiger partial charge in [0.05, 0.1) is 101 Å². The van der Waals surface area contributed by atoms with E-state index < -0.39 is 23.5 Å². The van der Waals surface area contributed by atoms with Crippen LogP contribution in [-0.2, 0) is 12.4 Å². The second-order valence-corrected chi connectivity index (χ2v) is 28.9. The number of para-hydroxylation sites is 2. The number of fused-ring (bicyclic) bond motifs is 12. The number of aromatic nitrogens is 4. The molecule has 0 saturated heterocycles. The first-order chi connectivity index (χ1) is 56.6. The molecule has 0 unspecified atom stereocenters. The first-order valence-electron chi connectivity index (χ1n) is 37.5. The predicted octanol–water partition coefficient (Wildman–Crippen LogP) is 27.3. The number of benzene rings is 16. The Hall–Kier alpha value is -15.7. The third-order valence-electron chi connectivity index (χ3n) is 22.6. The zero-order valence-electron chi connectivity index (χ0n) is 61.2. The molecule has 14 heteroatoms. The van der Waals surface area contributed by atoms with Crippen LogP contribution in [0.15, 0.2) is 340 Å². The van der Waals surface area contributed by atoms with Crippen molar-refractivity contribution in [3.05, 3.63) is 373 Å². The van der Waals surface area contributed by atoms with Crippen molar-refractivity contribution in [3.8, 4) is 125 Å². The number of nitriles is 4. The molecule has 0 aliphatic heterocycles. The largest absolute Gasteiger partial charge is 0.417 e. The lowest BCUT2D eigenvalue weighted by atomic mass is 9.92. The summed E-state index contributed by atoms with van der Waals surface area (Å²) in [5.41, 5.74) is 12.1. The van der Waals surface area contributed by atoms with Gasteiger partial charge in [-0.15, -0.1) is 0 Å². The third-order valence-corrected chi connectivity index (χ3v) is 22.6. The zero-order valence-corrected chi connectivity index (χ0v) is 61.2. The summed E-state index contributed by atoms with van der Waals surface area (Å²) < 4.78 is 103. The molecule has 16 aromatic carbocycles. The lowest BCUT2D eigenvalue weighted by molar-refractivity contribution is -0.137. The Balaban J connectivity index is 0.849. The van der Waals surface area contributed by atoms with Gasteiger partial charge in [-0.2, -0.15) is 47.4 Å². The molecular weight excluding hydrogens is 1450 g/mol. The summed E-state index contributed by atoms with van der Waals surface area (Å²) in [4.78, 5) is 0. The lowest BCUT2D eigenvalue weighted by Gasteiger charge is -2.21. The second-order valence-electron chi connectivity index (χ2n) is 28.9. The molecule has 0 spiro atoms. The summed E-state index contributed by atoms with van der Waals surface area (Å²) >= 11 is 0. The summed E-state index contributed by atoms with van der Waals surface area (Å²) in [7, 11) is 0. The maximum atomic E-state index is 15.8. The van der Waals surface area contributed by atoms with E-state index in [0.29, 0.717) is 44.1 Å². The summed E-state index contributed by atoms with van der Waals surface area (Å²) in [6.07, 6.45) is -9.83. The zero-order chi connectivity index (χ0) is 78.8. The summed E-state index contributed by atoms with van der Waals surface area (Å²) in [5, 5.41) is 52.2. The van der Waals surface area contributed by atoms with E-state index in [1.807, 2.05) is 273 Å². The molecule has 0 amide bonds. The number of nitrogens with zero attached hydrogens (tertiary/aromatic N) is 8. The van der Waals surface area contributed by atoms with Gasteiger partial charge < -0.3 is 18.3 Å². The van der Waals surface area contributed by atoms with Crippen LogP contribution in [0.2, 0.25) is 0 Å². The highest BCUT2D eigenvalue weighted by atomic mass is 19.4. The van der Waals surface area contributed by atoms with Gasteiger partial charge in [0, 0.05) is 54.2 Å². The van der Waals surface area contributed by atoms with E-state index in [1.54, 1.807) is 24.3 Å². The van der Waals surface area contributed by atoms with Crippen LogP contribution in [0, 0.1) is 45.3 Å². The van der Waals surface area contributed by atoms with Crippen molar-refractivity contribution in [1.82, 2.24) is 18.3 Å². The minimum atomic E-state index is -4.92. The standard InChI is InChI=1S/C102H56F6N8/c103-101(104,105)85-31-17-27-71(57-109)99(85)73-53-95(113-88-34-16-14-30-76(88)79-47-65(37-43-89(79)113)61-19-5-1-6-20-61)83(59-111)96(54-73)114-91-44-38-66(62-21-7-2-8-22-62)48-81(91)82-50-68(40-46-92(82)114)67-39-45-90-80(49-67)78-42-36-70(64-25-11-4-12-26-64)52-94(78)116(90)98-56-74(100-72(58-110)28-18-32-86(100)102(106,107)108)55-97(84(98)60-112)115-87-33-15-13-29-75(87)77-41-35-69(51-93(77)115)63-23-9-3-10-24-63/h1-56H. The molecule has 546 valence electrons. The molecular formula is C102H56F6N8. The fourth-order valence-corrected chi connectivity index (χ4v) is 17.5. The first kappa shape index (κ1) is 69.5. The maximum absolute atomic E-state index is 15.8. The van der Waals surface area contributed by atoms with Crippen molar-refractivity contribution in [1.29, 1.82) is 21.0 Å². The monoisotopic (exact) mass is 1510 g/mol. The molecule has 0 bridgehead atoms. The summed E-state index contributed by atoms with van der Waals surface area (Å²) in [6, 6.07) is 114. The van der Waals surface area contributed by atoms with Crippen LogP contribution >= 0.6 is 0 Å². The van der Waals surface area contributed by atoms with Crippen LogP contribution in [0.3, 0.4) is 0 Å². The van der Waals surface area contributed by atoms with E-state index in [9.17, 15) is 21.0 Å². The van der Waals surface area contributed by atoms with Crippen molar-refractivity contribution >= 4 is 87.2 Å². The van der Waals surface area contributed by atoms with Crippen molar-refractivity contribution in [3.63, 3.8) is 0 Å². The topological polar surface area (TPSA) is 115 Å². The van der Waals surface area contributed by atoms with Crippen LogP contribution < -0.4 is 0 Å². The maximum Gasteiger partial charge on any atom is 0.417 e. The van der Waals surface area contributed by atoms with Crippen molar-refractivity contribution < 1.29 is 26.3 Å². The van der Waals surface area contributed by atoms with E-state index >= 15 is 26.3 Å². The Morgan fingerprint density at radius 1 is 0.198 bits per heavy atom. The van der Waals surface area contributed by atoms with Crippen LogP contribution in [0.5, 0.6) is 0 Å². The number of alkyl halides is 6. The van der Waals surface area contributed by atoms with E-state index in [1.165, 1.54) is 24.3 Å². The number of rotatable bonds is 11. The van der Waals surface area contributed by atoms with Crippen LogP contribution in [0.1, 0.15) is 33.4 Å². The molecule has 0 aliphatic carbocycles. The Labute approximate surface area is 659 Å². The first-order valence-corrected chi connectivity index (χ1v) is 37.5. The summed E-state index contributed by atoms with van der Waals surface area (Å²) in [5.74, 6) is 0. The quantitative estimate of drug-likeness (QED) is 0.120. The van der Waals surface area contributed by atoms with Gasteiger partial charge in [0.2, 0.25) is 0 Å². The average Bonchev–Trinajstić information content (AvgIpc) is 1.54. The molecule has 4 heterocycles. The highest BCUT2D eigenvalue weighted by Crippen LogP contribution is 2.50. The lowest BCUT2D eigenvalue weighted by Crippen LogP contribution is -2.10. The Morgan fingerprint density at radius 3 is 0.784 bits per heavy atom. The molecule has 0 fully saturated rings. The molecule has 116 heavy (non-hydrogen) atoms. The van der Waals surface area contributed by atoms with Gasteiger partial charge in [0.15, 0.2) is 0 Å². The Morgan fingerprint density at radius 2 is 0.457 bits per heavy atom. The second kappa shape index (κ2) is 27.0. The predicted molar refractivity (Wildman–Crippen MR) is 451 cm³/mol. The third kappa shape index (κ3) is 11.2. The van der Waals surface area contributed by atoms with Gasteiger partial charge in [0.25, 0.3) is 0 Å². The molecule has 0 atom stereocenters. The Kier molecular flexibility index (Phi) is 16.2. The average molecular weight is 1510 g/mol. The highest BCUT2D eigenvalue weighted by Gasteiger charge is 2.38. The van der Waals surface area contributed by atoms with Crippen molar-refractivity contribution in [2.24, 2.45) is 0 Å². The molecule has 4 aromatic heterocycles. The van der Waals surface area contributed by atoms with E-state index in [-0.39, 0.29) is 67.3 Å². The molecule has 8 nitrogen and oxygen atoms in total. The van der Waals surface area contributed by atoms with E-state index in [0.717, 1.165) is 111 Å². The molecule has 0 radical (unpaired) electrons. The Bertz CT molecular complexity index is 7710. The molecule has 0 aliphatic rings. The van der Waals surface area contributed by atoms with Gasteiger partial charge in [-0.25, -0.2) is 0 Å². The van der Waals surface area contributed by atoms with Gasteiger partial charge in [0.1, 0.15) is 23.3 Å². The van der Waals surface area contributed by atoms with E-state index in [4.69, 9.17) is 0 Å². The molecule has 20 rings (SSSR count). The minimum absolute atomic E-state index is 0.0459. The minimum Gasteiger partial charge on any atom is -0.308 e. The number of halogens is 6. The molecule has 20 aromatic rings. The summed E-state index contributed by atoms with van der Waals surface area (Å²) in [6.45, 7) is 0. The van der Waals surface area contributed by atoms with Crippen molar-refractivity contribution in [2.75, 3.05) is 0 Å². The smallest absolute Gasteiger partial charge is 0.308 e. The van der Waals surface area contributed by atoms with Crippen LogP contribution in [0.4, 0.5) is 26.3 Å². The van der Waals surface area contributed by atoms with Gasteiger partial charge >= 0.3 is 12.4 Å².